The molecule has 0 spiro atoms. The Balaban J connectivity index is 2.83. The first-order chi connectivity index (χ1) is 9.44. The lowest BCUT2D eigenvalue weighted by Gasteiger charge is -2.12. The Bertz CT molecular complexity index is 550. The van der Waals surface area contributed by atoms with Crippen LogP contribution < -0.4 is 10.5 Å². The van der Waals surface area contributed by atoms with Gasteiger partial charge in [0.25, 0.3) is 0 Å². The minimum Gasteiger partial charge on any atom is -0.382 e. The van der Waals surface area contributed by atoms with Gasteiger partial charge in [0, 0.05) is 36.9 Å². The molecule has 5 nitrogen and oxygen atoms in total. The topological polar surface area (TPSA) is 81.4 Å². The van der Waals surface area contributed by atoms with Crippen LogP contribution in [-0.2, 0) is 21.3 Å². The Labute approximate surface area is 129 Å². The van der Waals surface area contributed by atoms with E-state index >= 15 is 0 Å². The number of nitrogens with one attached hydrogen (secondary N) is 1. The first-order valence-electron chi connectivity index (χ1n) is 6.18. The molecule has 0 fully saturated rings. The maximum absolute atomic E-state index is 12.1. The zero-order valence-electron chi connectivity index (χ0n) is 11.2. The Morgan fingerprint density at radius 2 is 2.05 bits per heavy atom. The average Bonchev–Trinajstić information content (AvgIpc) is 2.38. The molecule has 20 heavy (non-hydrogen) atoms. The van der Waals surface area contributed by atoms with E-state index in [0.29, 0.717) is 30.2 Å². The van der Waals surface area contributed by atoms with Gasteiger partial charge in [0.15, 0.2) is 0 Å². The lowest BCUT2D eigenvalue weighted by Crippen LogP contribution is -2.26. The van der Waals surface area contributed by atoms with Crippen molar-refractivity contribution in [1.29, 1.82) is 0 Å². The summed E-state index contributed by atoms with van der Waals surface area (Å²) in [5, 5.41) is 0.421. The van der Waals surface area contributed by atoms with Gasteiger partial charge < -0.3 is 10.5 Å². The summed E-state index contributed by atoms with van der Waals surface area (Å²) >= 11 is 12.0. The number of hydrogen-bond acceptors (Lipinski definition) is 4. The molecule has 0 atom stereocenters. The highest BCUT2D eigenvalue weighted by molar-refractivity contribution is 7.89. The highest BCUT2D eigenvalue weighted by atomic mass is 35.5. The molecule has 0 saturated heterocycles. The fourth-order valence-electron chi connectivity index (χ4n) is 1.57. The van der Waals surface area contributed by atoms with E-state index in [-0.39, 0.29) is 23.0 Å². The van der Waals surface area contributed by atoms with Crippen LogP contribution in [0.2, 0.25) is 10.0 Å². The number of halogens is 2. The maximum atomic E-state index is 12.1. The molecular weight excluding hydrogens is 323 g/mol. The van der Waals surface area contributed by atoms with Gasteiger partial charge in [-0.25, -0.2) is 13.1 Å². The molecule has 0 radical (unpaired) electrons. The van der Waals surface area contributed by atoms with Gasteiger partial charge in [-0.05, 0) is 25.5 Å². The molecule has 0 amide bonds. The molecule has 1 aromatic rings. The Kier molecular flexibility index (Phi) is 7.22. The predicted octanol–water partition coefficient (Wildman–Crippen LogP) is 2.16. The molecule has 3 N–H and O–H groups in total. The summed E-state index contributed by atoms with van der Waals surface area (Å²) in [5.74, 6) is 0. The Morgan fingerprint density at radius 3 is 2.65 bits per heavy atom. The summed E-state index contributed by atoms with van der Waals surface area (Å²) in [5.41, 5.74) is 5.94. The number of nitrogens with two attached hydrogens (primary N) is 1. The Hall–Kier alpha value is -0.370. The number of ether oxygens (including phenoxy) is 1. The van der Waals surface area contributed by atoms with Crippen LogP contribution in [0.4, 0.5) is 0 Å². The van der Waals surface area contributed by atoms with Crippen LogP contribution in [0.3, 0.4) is 0 Å². The fraction of sp³-hybridized carbons (Fsp3) is 0.500. The molecule has 0 saturated carbocycles. The molecule has 0 unspecified atom stereocenters. The Morgan fingerprint density at radius 1 is 1.35 bits per heavy atom. The van der Waals surface area contributed by atoms with Crippen molar-refractivity contribution in [3.05, 3.63) is 27.7 Å². The molecule has 1 rings (SSSR count). The quantitative estimate of drug-likeness (QED) is 0.710. The highest BCUT2D eigenvalue weighted by Crippen LogP contribution is 2.30. The molecule has 114 valence electrons. The number of sulfonamides is 1. The molecule has 0 aliphatic carbocycles. The van der Waals surface area contributed by atoms with Crippen molar-refractivity contribution in [2.75, 3.05) is 19.8 Å². The predicted molar refractivity (Wildman–Crippen MR) is 80.7 cm³/mol. The van der Waals surface area contributed by atoms with Crippen LogP contribution in [0, 0.1) is 0 Å². The zero-order chi connectivity index (χ0) is 15.2. The van der Waals surface area contributed by atoms with Gasteiger partial charge in [0.05, 0.1) is 5.02 Å². The normalized spacial score (nSPS) is 11.8. The molecule has 0 heterocycles. The first kappa shape index (κ1) is 17.7. The standard InChI is InChI=1S/C12H18Cl2N2O3S/c1-2-19-7-3-6-16-20(17,18)11-5-4-10(13)9(8-15)12(11)14/h4-5,16H,2-3,6-8,15H2,1H3. The average molecular weight is 341 g/mol. The van der Waals surface area contributed by atoms with Crippen molar-refractivity contribution in [3.63, 3.8) is 0 Å². The van der Waals surface area contributed by atoms with Gasteiger partial charge >= 0.3 is 0 Å². The van der Waals surface area contributed by atoms with Crippen LogP contribution in [0.25, 0.3) is 0 Å². The third kappa shape index (κ3) is 4.58. The second-order valence-corrected chi connectivity index (χ2v) is 6.51. The van der Waals surface area contributed by atoms with E-state index in [9.17, 15) is 8.42 Å². The van der Waals surface area contributed by atoms with E-state index in [2.05, 4.69) is 4.72 Å². The summed E-state index contributed by atoms with van der Waals surface area (Å²) in [6.45, 7) is 3.34. The van der Waals surface area contributed by atoms with Gasteiger partial charge in [-0.2, -0.15) is 0 Å². The summed E-state index contributed by atoms with van der Waals surface area (Å²) in [4.78, 5) is -0.0135. The number of hydrogen-bond donors (Lipinski definition) is 2. The van der Waals surface area contributed by atoms with E-state index in [4.69, 9.17) is 33.7 Å². The highest BCUT2D eigenvalue weighted by Gasteiger charge is 2.20. The summed E-state index contributed by atoms with van der Waals surface area (Å²) in [7, 11) is -3.68. The van der Waals surface area contributed by atoms with Gasteiger partial charge in [0.1, 0.15) is 4.90 Å². The van der Waals surface area contributed by atoms with Gasteiger partial charge in [-0.3, -0.25) is 0 Å². The first-order valence-corrected chi connectivity index (χ1v) is 8.42. The molecular formula is C12H18Cl2N2O3S. The molecule has 0 bridgehead atoms. The van der Waals surface area contributed by atoms with E-state index in [1.54, 1.807) is 0 Å². The monoisotopic (exact) mass is 340 g/mol. The van der Waals surface area contributed by atoms with Gasteiger partial charge in [0.2, 0.25) is 10.0 Å². The smallest absolute Gasteiger partial charge is 0.242 e. The van der Waals surface area contributed by atoms with Crippen molar-refractivity contribution in [3.8, 4) is 0 Å². The summed E-state index contributed by atoms with van der Waals surface area (Å²) < 4.78 is 31.9. The number of benzene rings is 1. The minimum atomic E-state index is -3.68. The van der Waals surface area contributed by atoms with Crippen LogP contribution >= 0.6 is 23.2 Å². The number of rotatable bonds is 8. The zero-order valence-corrected chi connectivity index (χ0v) is 13.5. The molecule has 8 heteroatoms. The fourth-order valence-corrected chi connectivity index (χ4v) is 3.58. The largest absolute Gasteiger partial charge is 0.382 e. The SMILES string of the molecule is CCOCCCNS(=O)(=O)c1ccc(Cl)c(CN)c1Cl. The molecule has 1 aromatic carbocycles. The van der Waals surface area contributed by atoms with E-state index < -0.39 is 10.0 Å². The third-order valence-corrected chi connectivity index (χ3v) is 5.01. The second kappa shape index (κ2) is 8.17. The van der Waals surface area contributed by atoms with Gasteiger partial charge in [-0.15, -0.1) is 0 Å². The maximum Gasteiger partial charge on any atom is 0.242 e. The molecule has 0 aliphatic rings. The lowest BCUT2D eigenvalue weighted by atomic mass is 10.2. The lowest BCUT2D eigenvalue weighted by molar-refractivity contribution is 0.146. The van der Waals surface area contributed by atoms with Crippen molar-refractivity contribution < 1.29 is 13.2 Å². The second-order valence-electron chi connectivity index (χ2n) is 3.99. The van der Waals surface area contributed by atoms with Crippen LogP contribution in [0.5, 0.6) is 0 Å². The van der Waals surface area contributed by atoms with Crippen molar-refractivity contribution >= 4 is 33.2 Å². The van der Waals surface area contributed by atoms with Crippen LogP contribution in [0.15, 0.2) is 17.0 Å². The van der Waals surface area contributed by atoms with E-state index in [1.807, 2.05) is 6.92 Å². The molecule has 0 aromatic heterocycles. The minimum absolute atomic E-state index is 0.0135. The van der Waals surface area contributed by atoms with E-state index in [1.165, 1.54) is 12.1 Å². The van der Waals surface area contributed by atoms with Crippen molar-refractivity contribution in [2.45, 2.75) is 24.8 Å². The van der Waals surface area contributed by atoms with Gasteiger partial charge in [-0.1, -0.05) is 23.2 Å². The summed E-state index contributed by atoms with van der Waals surface area (Å²) in [6, 6.07) is 2.85. The van der Waals surface area contributed by atoms with E-state index in [0.717, 1.165) is 0 Å². The van der Waals surface area contributed by atoms with Crippen LogP contribution in [-0.4, -0.2) is 28.2 Å². The van der Waals surface area contributed by atoms with Crippen molar-refractivity contribution in [1.82, 2.24) is 4.72 Å². The van der Waals surface area contributed by atoms with Crippen molar-refractivity contribution in [2.24, 2.45) is 5.73 Å². The van der Waals surface area contributed by atoms with Crippen LogP contribution in [0.1, 0.15) is 18.9 Å². The molecule has 0 aliphatic heterocycles. The summed E-state index contributed by atoms with van der Waals surface area (Å²) in [6.07, 6.45) is 0.585. The third-order valence-electron chi connectivity index (χ3n) is 2.61.